The van der Waals surface area contributed by atoms with Crippen LogP contribution < -0.4 is 0 Å². The number of hydrogen-bond acceptors (Lipinski definition) is 4. The van der Waals surface area contributed by atoms with Gasteiger partial charge in [-0.05, 0) is 118 Å². The Hall–Kier alpha value is -5.66. The molecule has 9 rings (SSSR count). The molecule has 4 atom stereocenters. The van der Waals surface area contributed by atoms with Gasteiger partial charge in [0.1, 0.15) is 0 Å². The second-order valence-electron chi connectivity index (χ2n) is 15.3. The smallest absolute Gasteiger partial charge is 0.165 e. The number of nitriles is 1. The molecule has 7 aromatic rings. The van der Waals surface area contributed by atoms with Crippen molar-refractivity contribution in [3.8, 4) is 51.4 Å². The molecule has 2 fully saturated rings. The van der Waals surface area contributed by atoms with Crippen molar-refractivity contribution in [3.05, 3.63) is 139 Å². The quantitative estimate of drug-likeness (QED) is 0.172. The first-order valence-electron chi connectivity index (χ1n) is 18.3. The summed E-state index contributed by atoms with van der Waals surface area (Å²) in [4.78, 5) is 15.3. The predicted octanol–water partition coefficient (Wildman–Crippen LogP) is 11.8. The number of hydrogen-bond donors (Lipinski definition) is 0. The molecule has 6 aromatic carbocycles. The molecular formula is C47H40N4. The van der Waals surface area contributed by atoms with Gasteiger partial charge in [-0.3, -0.25) is 0 Å². The Bertz CT molecular complexity index is 2370. The lowest BCUT2D eigenvalue weighted by atomic mass is 9.57. The van der Waals surface area contributed by atoms with E-state index >= 15 is 0 Å². The Morgan fingerprint density at radius 1 is 0.529 bits per heavy atom. The van der Waals surface area contributed by atoms with E-state index in [1.165, 1.54) is 59.6 Å². The molecule has 0 aliphatic heterocycles. The van der Waals surface area contributed by atoms with E-state index in [0.717, 1.165) is 45.2 Å². The molecule has 0 spiro atoms. The van der Waals surface area contributed by atoms with E-state index in [2.05, 4.69) is 92.7 Å². The first-order valence-corrected chi connectivity index (χ1v) is 18.3. The number of aromatic nitrogens is 3. The zero-order valence-electron chi connectivity index (χ0n) is 29.2. The molecule has 4 heteroatoms. The van der Waals surface area contributed by atoms with Crippen molar-refractivity contribution in [1.29, 1.82) is 5.26 Å². The van der Waals surface area contributed by atoms with Gasteiger partial charge in [-0.25, -0.2) is 15.0 Å². The minimum absolute atomic E-state index is 0.238. The van der Waals surface area contributed by atoms with Crippen molar-refractivity contribution in [2.75, 3.05) is 0 Å². The Morgan fingerprint density at radius 3 is 1.55 bits per heavy atom. The summed E-state index contributed by atoms with van der Waals surface area (Å²) in [7, 11) is 0. The maximum Gasteiger partial charge on any atom is 0.165 e. The summed E-state index contributed by atoms with van der Waals surface area (Å²) in [5.41, 5.74) is 7.53. The SMILES string of the molecule is CC1CC2C[C@@H](C1)CC(C)(c1ccc(-c3c4ccccc4c(-c4nc(-c5ccccc5)nc(-c5ccc(C#N)cc5)n4)c4ccccc34)cc1)C2. The molecule has 1 heterocycles. The lowest BCUT2D eigenvalue weighted by Crippen LogP contribution is -2.38. The first kappa shape index (κ1) is 31.3. The maximum absolute atomic E-state index is 9.42. The minimum Gasteiger partial charge on any atom is -0.208 e. The fourth-order valence-electron chi connectivity index (χ4n) is 9.57. The monoisotopic (exact) mass is 660 g/mol. The fraction of sp³-hybridized carbons (Fsp3) is 0.234. The van der Waals surface area contributed by atoms with Gasteiger partial charge in [0.15, 0.2) is 17.5 Å². The van der Waals surface area contributed by atoms with E-state index in [4.69, 9.17) is 15.0 Å². The van der Waals surface area contributed by atoms with Crippen LogP contribution in [0.15, 0.2) is 127 Å². The third-order valence-corrected chi connectivity index (χ3v) is 11.6. The van der Waals surface area contributed by atoms with Crippen LogP contribution in [-0.4, -0.2) is 15.0 Å². The fourth-order valence-corrected chi connectivity index (χ4v) is 9.57. The molecule has 0 radical (unpaired) electrons. The highest BCUT2D eigenvalue weighted by molar-refractivity contribution is 6.20. The van der Waals surface area contributed by atoms with E-state index in [9.17, 15) is 5.26 Å². The van der Waals surface area contributed by atoms with Gasteiger partial charge in [0.25, 0.3) is 0 Å². The topological polar surface area (TPSA) is 62.5 Å². The van der Waals surface area contributed by atoms with E-state index in [-0.39, 0.29) is 5.41 Å². The third kappa shape index (κ3) is 5.68. The van der Waals surface area contributed by atoms with Crippen LogP contribution in [0.25, 0.3) is 66.8 Å². The van der Waals surface area contributed by atoms with Gasteiger partial charge in [0.05, 0.1) is 11.6 Å². The van der Waals surface area contributed by atoms with Gasteiger partial charge < -0.3 is 0 Å². The van der Waals surface area contributed by atoms with Crippen LogP contribution in [0.4, 0.5) is 0 Å². The van der Waals surface area contributed by atoms with E-state index in [1.54, 1.807) is 0 Å². The Balaban J connectivity index is 1.21. The zero-order chi connectivity index (χ0) is 34.5. The average molecular weight is 661 g/mol. The summed E-state index contributed by atoms with van der Waals surface area (Å²) in [6.07, 6.45) is 6.80. The summed E-state index contributed by atoms with van der Waals surface area (Å²) >= 11 is 0. The second-order valence-corrected chi connectivity index (χ2v) is 15.3. The van der Waals surface area contributed by atoms with Crippen LogP contribution in [0, 0.1) is 29.1 Å². The number of fused-ring (bicyclic) bond motifs is 4. The van der Waals surface area contributed by atoms with Crippen molar-refractivity contribution in [2.24, 2.45) is 17.8 Å². The maximum atomic E-state index is 9.42. The molecule has 2 bridgehead atoms. The predicted molar refractivity (Wildman–Crippen MR) is 208 cm³/mol. The first-order chi connectivity index (χ1) is 25.0. The van der Waals surface area contributed by atoms with Crippen LogP contribution in [0.3, 0.4) is 0 Å². The average Bonchev–Trinajstić information content (AvgIpc) is 3.16. The molecule has 248 valence electrons. The highest BCUT2D eigenvalue weighted by Crippen LogP contribution is 2.52. The van der Waals surface area contributed by atoms with Crippen LogP contribution >= 0.6 is 0 Å². The number of nitrogens with zero attached hydrogens (tertiary/aromatic N) is 4. The summed E-state index contributed by atoms with van der Waals surface area (Å²) in [5, 5.41) is 14.0. The molecule has 4 nitrogen and oxygen atoms in total. The molecule has 2 saturated carbocycles. The summed E-state index contributed by atoms with van der Waals surface area (Å²) in [6, 6.07) is 46.6. The van der Waals surface area contributed by atoms with Crippen LogP contribution in [-0.2, 0) is 5.41 Å². The van der Waals surface area contributed by atoms with Crippen molar-refractivity contribution in [1.82, 2.24) is 15.0 Å². The molecule has 2 aliphatic rings. The van der Waals surface area contributed by atoms with Crippen molar-refractivity contribution < 1.29 is 0 Å². The molecule has 0 saturated heterocycles. The van der Waals surface area contributed by atoms with Gasteiger partial charge in [-0.1, -0.05) is 117 Å². The van der Waals surface area contributed by atoms with Crippen LogP contribution in [0.2, 0.25) is 0 Å². The largest absolute Gasteiger partial charge is 0.208 e. The van der Waals surface area contributed by atoms with E-state index in [1.807, 2.05) is 54.6 Å². The van der Waals surface area contributed by atoms with Crippen molar-refractivity contribution in [3.63, 3.8) is 0 Å². The molecular weight excluding hydrogens is 621 g/mol. The molecule has 0 N–H and O–H groups in total. The number of rotatable bonds is 5. The lowest BCUT2D eigenvalue weighted by Gasteiger charge is -2.47. The second kappa shape index (κ2) is 12.6. The minimum atomic E-state index is 0.238. The molecule has 3 unspecified atom stereocenters. The van der Waals surface area contributed by atoms with Crippen molar-refractivity contribution in [2.45, 2.75) is 51.4 Å². The van der Waals surface area contributed by atoms with Gasteiger partial charge in [-0.15, -0.1) is 0 Å². The molecule has 0 amide bonds. The summed E-state index contributed by atoms with van der Waals surface area (Å²) in [5.74, 6) is 4.40. The molecule has 2 aliphatic carbocycles. The Labute approximate surface area is 299 Å². The zero-order valence-corrected chi connectivity index (χ0v) is 29.2. The van der Waals surface area contributed by atoms with Crippen LogP contribution in [0.1, 0.15) is 57.1 Å². The standard InChI is InChI=1S/C47H40N4/c1-30-24-32-26-33(25-30)28-47(2,27-32)37-22-20-34(21-23-37)42-38-12-6-8-14-40(38)43(41-15-9-7-13-39(41)42)46-50-44(35-10-4-3-5-11-35)49-45(51-46)36-18-16-31(29-48)17-19-36/h3-23,30,32-33H,24-28H2,1-2H3/t30?,32-,33?,47?/m1/s1. The highest BCUT2D eigenvalue weighted by atomic mass is 15.0. The third-order valence-electron chi connectivity index (χ3n) is 11.6. The molecule has 51 heavy (non-hydrogen) atoms. The van der Waals surface area contributed by atoms with E-state index in [0.29, 0.717) is 23.0 Å². The van der Waals surface area contributed by atoms with E-state index < -0.39 is 0 Å². The van der Waals surface area contributed by atoms with Crippen LogP contribution in [0.5, 0.6) is 0 Å². The Kier molecular flexibility index (Phi) is 7.73. The van der Waals surface area contributed by atoms with Gasteiger partial charge in [0, 0.05) is 16.7 Å². The van der Waals surface area contributed by atoms with Gasteiger partial charge >= 0.3 is 0 Å². The normalized spacial score (nSPS) is 21.4. The van der Waals surface area contributed by atoms with Gasteiger partial charge in [0.2, 0.25) is 0 Å². The lowest BCUT2D eigenvalue weighted by molar-refractivity contribution is 0.0899. The highest BCUT2D eigenvalue weighted by Gasteiger charge is 2.41. The summed E-state index contributed by atoms with van der Waals surface area (Å²) in [6.45, 7) is 4.97. The molecule has 1 aromatic heterocycles. The van der Waals surface area contributed by atoms with Gasteiger partial charge in [-0.2, -0.15) is 5.26 Å². The summed E-state index contributed by atoms with van der Waals surface area (Å²) < 4.78 is 0. The Morgan fingerprint density at radius 2 is 1.00 bits per heavy atom. The number of benzene rings is 6. The van der Waals surface area contributed by atoms with Crippen molar-refractivity contribution >= 4 is 21.5 Å².